The maximum atomic E-state index is 12.3. The summed E-state index contributed by atoms with van der Waals surface area (Å²) in [6.45, 7) is 6.53. The fourth-order valence-electron chi connectivity index (χ4n) is 1.65. The van der Waals surface area contributed by atoms with Gasteiger partial charge in [-0.1, -0.05) is 20.8 Å². The van der Waals surface area contributed by atoms with Crippen LogP contribution in [0.5, 0.6) is 0 Å². The summed E-state index contributed by atoms with van der Waals surface area (Å²) in [5.74, 6) is 0. The molecule has 1 aromatic rings. The molecular weight excluding hydrogens is 270 g/mol. The van der Waals surface area contributed by atoms with Gasteiger partial charge in [-0.25, -0.2) is 8.42 Å². The van der Waals surface area contributed by atoms with Crippen molar-refractivity contribution >= 4 is 21.4 Å². The van der Waals surface area contributed by atoms with Crippen LogP contribution in [0.25, 0.3) is 0 Å². The van der Waals surface area contributed by atoms with E-state index < -0.39 is 10.0 Å². The highest BCUT2D eigenvalue weighted by molar-refractivity contribution is 7.91. The van der Waals surface area contributed by atoms with E-state index in [1.54, 1.807) is 19.2 Å². The van der Waals surface area contributed by atoms with Gasteiger partial charge in [0, 0.05) is 31.5 Å². The molecule has 0 aromatic carbocycles. The second-order valence-corrected chi connectivity index (χ2v) is 8.96. The van der Waals surface area contributed by atoms with E-state index in [2.05, 4.69) is 0 Å². The first-order chi connectivity index (χ1) is 8.16. The molecule has 1 heterocycles. The van der Waals surface area contributed by atoms with Crippen LogP contribution in [0.2, 0.25) is 0 Å². The Balaban J connectivity index is 2.91. The highest BCUT2D eigenvalue weighted by Crippen LogP contribution is 2.26. The second-order valence-electron chi connectivity index (χ2n) is 5.52. The minimum atomic E-state index is -3.40. The van der Waals surface area contributed by atoms with Crippen LogP contribution in [0.3, 0.4) is 0 Å². The van der Waals surface area contributed by atoms with Crippen molar-refractivity contribution in [2.45, 2.75) is 31.4 Å². The lowest BCUT2D eigenvalue weighted by Crippen LogP contribution is -2.34. The molecule has 104 valence electrons. The molecule has 0 bridgehead atoms. The van der Waals surface area contributed by atoms with E-state index in [1.165, 1.54) is 15.6 Å². The van der Waals surface area contributed by atoms with Crippen LogP contribution in [0.1, 0.15) is 25.6 Å². The lowest BCUT2D eigenvalue weighted by atomic mass is 9.97. The van der Waals surface area contributed by atoms with E-state index in [0.29, 0.717) is 17.2 Å². The number of thiophene rings is 1. The van der Waals surface area contributed by atoms with Gasteiger partial charge in [-0.05, 0) is 17.5 Å². The summed E-state index contributed by atoms with van der Waals surface area (Å²) >= 11 is 1.23. The van der Waals surface area contributed by atoms with Gasteiger partial charge in [-0.15, -0.1) is 11.3 Å². The largest absolute Gasteiger partial charge is 0.396 e. The van der Waals surface area contributed by atoms with Gasteiger partial charge in [0.05, 0.1) is 0 Å². The Kier molecular flexibility index (Phi) is 4.94. The molecule has 0 aliphatic rings. The van der Waals surface area contributed by atoms with Gasteiger partial charge in [-0.2, -0.15) is 4.31 Å². The summed E-state index contributed by atoms with van der Waals surface area (Å²) in [5.41, 5.74) is -0.0764. The first kappa shape index (κ1) is 15.6. The molecule has 0 saturated heterocycles. The maximum absolute atomic E-state index is 12.3. The summed E-state index contributed by atoms with van der Waals surface area (Å²) < 4.78 is 26.3. The summed E-state index contributed by atoms with van der Waals surface area (Å²) in [7, 11) is -1.80. The predicted molar refractivity (Wildman–Crippen MR) is 74.4 cm³/mol. The van der Waals surface area contributed by atoms with Crippen molar-refractivity contribution in [2.24, 2.45) is 5.41 Å². The van der Waals surface area contributed by atoms with Gasteiger partial charge in [0.1, 0.15) is 4.21 Å². The molecule has 0 spiro atoms. The minimum Gasteiger partial charge on any atom is -0.396 e. The molecule has 0 aliphatic heterocycles. The molecule has 0 aliphatic carbocycles. The molecule has 0 radical (unpaired) electrons. The third-order valence-corrected chi connectivity index (χ3v) is 5.77. The Morgan fingerprint density at radius 1 is 1.33 bits per heavy atom. The highest BCUT2D eigenvalue weighted by Gasteiger charge is 2.26. The molecule has 0 fully saturated rings. The molecule has 0 saturated carbocycles. The van der Waals surface area contributed by atoms with Crippen LogP contribution in [-0.2, 0) is 16.4 Å². The molecule has 0 unspecified atom stereocenters. The Bertz CT molecular complexity index is 486. The van der Waals surface area contributed by atoms with Gasteiger partial charge in [0.15, 0.2) is 0 Å². The molecule has 4 nitrogen and oxygen atoms in total. The Morgan fingerprint density at radius 3 is 2.44 bits per heavy atom. The summed E-state index contributed by atoms with van der Waals surface area (Å²) in [4.78, 5) is 0.889. The maximum Gasteiger partial charge on any atom is 0.252 e. The second kappa shape index (κ2) is 5.69. The molecule has 1 aromatic heterocycles. The predicted octanol–water partition coefficient (Wildman–Crippen LogP) is 1.95. The van der Waals surface area contributed by atoms with Gasteiger partial charge < -0.3 is 5.11 Å². The van der Waals surface area contributed by atoms with Crippen LogP contribution >= 0.6 is 11.3 Å². The lowest BCUT2D eigenvalue weighted by Gasteiger charge is -2.25. The minimum absolute atomic E-state index is 0.0395. The number of aliphatic hydroxyl groups excluding tert-OH is 1. The summed E-state index contributed by atoms with van der Waals surface area (Å²) in [5, 5.41) is 8.84. The first-order valence-electron chi connectivity index (χ1n) is 5.83. The van der Waals surface area contributed by atoms with Crippen molar-refractivity contribution < 1.29 is 13.5 Å². The molecule has 0 amide bonds. The number of rotatable bonds is 5. The van der Waals surface area contributed by atoms with Crippen molar-refractivity contribution in [2.75, 3.05) is 20.2 Å². The van der Waals surface area contributed by atoms with Crippen molar-refractivity contribution in [3.8, 4) is 0 Å². The number of nitrogens with zero attached hydrogens (tertiary/aromatic N) is 1. The van der Waals surface area contributed by atoms with Crippen molar-refractivity contribution in [3.05, 3.63) is 17.0 Å². The molecule has 1 N–H and O–H groups in total. The third kappa shape index (κ3) is 4.05. The fraction of sp³-hybridized carbons (Fsp3) is 0.667. The summed E-state index contributed by atoms with van der Waals surface area (Å²) in [6.07, 6.45) is 0.503. The Morgan fingerprint density at radius 2 is 1.94 bits per heavy atom. The van der Waals surface area contributed by atoms with Crippen LogP contribution < -0.4 is 0 Å². The number of hydrogen-bond acceptors (Lipinski definition) is 4. The lowest BCUT2D eigenvalue weighted by molar-refractivity contribution is 0.300. The van der Waals surface area contributed by atoms with Crippen LogP contribution in [0, 0.1) is 5.41 Å². The van der Waals surface area contributed by atoms with Crippen molar-refractivity contribution in [3.63, 3.8) is 0 Å². The first-order valence-corrected chi connectivity index (χ1v) is 8.08. The van der Waals surface area contributed by atoms with E-state index in [4.69, 9.17) is 5.11 Å². The number of aliphatic hydroxyl groups is 1. The molecule has 6 heteroatoms. The van der Waals surface area contributed by atoms with E-state index in [0.717, 1.165) is 4.88 Å². The van der Waals surface area contributed by atoms with Crippen molar-refractivity contribution in [1.29, 1.82) is 0 Å². The topological polar surface area (TPSA) is 57.6 Å². The average molecular weight is 291 g/mol. The van der Waals surface area contributed by atoms with E-state index in [1.807, 2.05) is 20.8 Å². The van der Waals surface area contributed by atoms with Gasteiger partial charge >= 0.3 is 0 Å². The SMILES string of the molecule is CN(CC(C)(C)C)S(=O)(=O)c1ccc(CCO)s1. The Hall–Kier alpha value is -0.430. The average Bonchev–Trinajstić information content (AvgIpc) is 2.64. The number of sulfonamides is 1. The van der Waals surface area contributed by atoms with Crippen LogP contribution in [0.15, 0.2) is 16.3 Å². The third-order valence-electron chi connectivity index (χ3n) is 2.36. The molecule has 1 rings (SSSR count). The zero-order valence-corrected chi connectivity index (χ0v) is 12.9. The molecular formula is C12H21NO3S2. The van der Waals surface area contributed by atoms with E-state index >= 15 is 0 Å². The molecule has 0 atom stereocenters. The van der Waals surface area contributed by atoms with E-state index in [-0.39, 0.29) is 12.0 Å². The zero-order chi connectivity index (χ0) is 14.0. The van der Waals surface area contributed by atoms with E-state index in [9.17, 15) is 8.42 Å². The van der Waals surface area contributed by atoms with Crippen LogP contribution in [0.4, 0.5) is 0 Å². The van der Waals surface area contributed by atoms with Gasteiger partial charge in [-0.3, -0.25) is 0 Å². The van der Waals surface area contributed by atoms with Gasteiger partial charge in [0.2, 0.25) is 0 Å². The Labute approximate surface area is 113 Å². The monoisotopic (exact) mass is 291 g/mol. The van der Waals surface area contributed by atoms with Crippen molar-refractivity contribution in [1.82, 2.24) is 4.31 Å². The zero-order valence-electron chi connectivity index (χ0n) is 11.3. The smallest absolute Gasteiger partial charge is 0.252 e. The number of hydrogen-bond donors (Lipinski definition) is 1. The highest BCUT2D eigenvalue weighted by atomic mass is 32.2. The summed E-state index contributed by atoms with van der Waals surface area (Å²) in [6, 6.07) is 3.38. The standard InChI is InChI=1S/C12H21NO3S2/c1-12(2,3)9-13(4)18(15,16)11-6-5-10(17-11)7-8-14/h5-6,14H,7-9H2,1-4H3. The van der Waals surface area contributed by atoms with Crippen LogP contribution in [-0.4, -0.2) is 38.0 Å². The van der Waals surface area contributed by atoms with Gasteiger partial charge in [0.25, 0.3) is 10.0 Å². The quantitative estimate of drug-likeness (QED) is 0.902. The fourth-order valence-corrected chi connectivity index (χ4v) is 4.60. The normalized spacial score (nSPS) is 13.2. The molecule has 18 heavy (non-hydrogen) atoms.